The average molecular weight is 316 g/mol. The zero-order valence-corrected chi connectivity index (χ0v) is 12.3. The van der Waals surface area contributed by atoms with Crippen molar-refractivity contribution >= 4 is 15.9 Å². The molecule has 0 aromatic heterocycles. The van der Waals surface area contributed by atoms with E-state index in [9.17, 15) is 4.39 Å². The van der Waals surface area contributed by atoms with E-state index in [-0.39, 0.29) is 18.0 Å². The van der Waals surface area contributed by atoms with Crippen LogP contribution in [0.1, 0.15) is 31.9 Å². The third-order valence-corrected chi connectivity index (χ3v) is 3.98. The number of benzene rings is 1. The Kier molecular flexibility index (Phi) is 4.76. The number of hydrogen-bond acceptors (Lipinski definition) is 2. The largest absolute Gasteiger partial charge is 0.376 e. The fourth-order valence-electron chi connectivity index (χ4n) is 2.52. The predicted molar refractivity (Wildman–Crippen MR) is 74.0 cm³/mol. The van der Waals surface area contributed by atoms with Crippen LogP contribution in [0, 0.1) is 11.7 Å². The lowest BCUT2D eigenvalue weighted by Gasteiger charge is -2.27. The molecule has 1 fully saturated rings. The number of hydrogen-bond donors (Lipinski definition) is 1. The van der Waals surface area contributed by atoms with Crippen molar-refractivity contribution in [3.8, 4) is 0 Å². The molecular formula is C14H19BrFNO. The van der Waals surface area contributed by atoms with Gasteiger partial charge in [-0.3, -0.25) is 0 Å². The molecule has 0 amide bonds. The van der Waals surface area contributed by atoms with Crippen LogP contribution in [0.15, 0.2) is 22.7 Å². The van der Waals surface area contributed by atoms with E-state index in [1.165, 1.54) is 6.07 Å². The van der Waals surface area contributed by atoms with Gasteiger partial charge in [-0.25, -0.2) is 4.39 Å². The van der Waals surface area contributed by atoms with Crippen LogP contribution in [0.5, 0.6) is 0 Å². The van der Waals surface area contributed by atoms with Crippen molar-refractivity contribution in [2.24, 2.45) is 5.92 Å². The molecule has 1 aliphatic heterocycles. The van der Waals surface area contributed by atoms with E-state index in [1.54, 1.807) is 6.07 Å². The highest BCUT2D eigenvalue weighted by Gasteiger charge is 2.33. The Labute approximate surface area is 116 Å². The van der Waals surface area contributed by atoms with Crippen LogP contribution in [-0.4, -0.2) is 19.3 Å². The number of halogens is 2. The molecule has 2 rings (SSSR count). The lowest BCUT2D eigenvalue weighted by Crippen LogP contribution is -2.35. The molecule has 1 heterocycles. The zero-order valence-electron chi connectivity index (χ0n) is 10.7. The minimum atomic E-state index is -0.174. The Morgan fingerprint density at radius 2 is 2.33 bits per heavy atom. The molecule has 1 aromatic rings. The van der Waals surface area contributed by atoms with Gasteiger partial charge >= 0.3 is 0 Å². The average Bonchev–Trinajstić information content (AvgIpc) is 2.76. The normalized spacial score (nSPS) is 25.3. The second-order valence-corrected chi connectivity index (χ2v) is 5.72. The van der Waals surface area contributed by atoms with Crippen LogP contribution >= 0.6 is 15.9 Å². The summed E-state index contributed by atoms with van der Waals surface area (Å²) >= 11 is 3.40. The molecule has 18 heavy (non-hydrogen) atoms. The summed E-state index contributed by atoms with van der Waals surface area (Å²) in [6.07, 6.45) is 1.09. The van der Waals surface area contributed by atoms with Gasteiger partial charge in [-0.1, -0.05) is 29.8 Å². The zero-order chi connectivity index (χ0) is 13.1. The van der Waals surface area contributed by atoms with Gasteiger partial charge in [-0.2, -0.15) is 0 Å². The first-order valence-electron chi connectivity index (χ1n) is 6.43. The van der Waals surface area contributed by atoms with Crippen LogP contribution in [0.2, 0.25) is 0 Å². The Morgan fingerprint density at radius 3 is 2.94 bits per heavy atom. The number of nitrogens with one attached hydrogen (secondary N) is 1. The van der Waals surface area contributed by atoms with E-state index in [0.29, 0.717) is 11.5 Å². The monoisotopic (exact) mass is 315 g/mol. The van der Waals surface area contributed by atoms with Crippen molar-refractivity contribution in [2.45, 2.75) is 32.4 Å². The van der Waals surface area contributed by atoms with Crippen molar-refractivity contribution in [1.82, 2.24) is 5.32 Å². The smallest absolute Gasteiger partial charge is 0.128 e. The van der Waals surface area contributed by atoms with Gasteiger partial charge in [0.25, 0.3) is 0 Å². The van der Waals surface area contributed by atoms with Gasteiger partial charge in [-0.15, -0.1) is 0 Å². The summed E-state index contributed by atoms with van der Waals surface area (Å²) in [6.45, 7) is 5.76. The molecule has 1 aliphatic rings. The minimum absolute atomic E-state index is 0.0498. The Balaban J connectivity index is 2.31. The summed E-state index contributed by atoms with van der Waals surface area (Å²) in [5.41, 5.74) is 0.685. The summed E-state index contributed by atoms with van der Waals surface area (Å²) in [4.78, 5) is 0. The molecular weight excluding hydrogens is 297 g/mol. The Hall–Kier alpha value is -0.450. The summed E-state index contributed by atoms with van der Waals surface area (Å²) < 4.78 is 20.7. The van der Waals surface area contributed by atoms with E-state index in [4.69, 9.17) is 4.74 Å². The molecule has 0 saturated carbocycles. The first-order valence-corrected chi connectivity index (χ1v) is 7.22. The first kappa shape index (κ1) is 14.0. The third-order valence-electron chi connectivity index (χ3n) is 3.49. The van der Waals surface area contributed by atoms with Gasteiger partial charge in [0, 0.05) is 16.6 Å². The Morgan fingerprint density at radius 1 is 1.56 bits per heavy atom. The summed E-state index contributed by atoms with van der Waals surface area (Å²) in [6, 6.07) is 4.99. The fourth-order valence-corrected chi connectivity index (χ4v) is 2.90. The maximum Gasteiger partial charge on any atom is 0.128 e. The van der Waals surface area contributed by atoms with Crippen molar-refractivity contribution in [2.75, 3.05) is 13.2 Å². The van der Waals surface area contributed by atoms with Crippen LogP contribution < -0.4 is 5.32 Å². The number of likely N-dealkylation sites (N-methyl/N-ethyl adjacent to an activating group) is 1. The summed E-state index contributed by atoms with van der Waals surface area (Å²) in [5, 5.41) is 3.35. The van der Waals surface area contributed by atoms with E-state index in [2.05, 4.69) is 28.2 Å². The summed E-state index contributed by atoms with van der Waals surface area (Å²) in [5.74, 6) is 0.277. The van der Waals surface area contributed by atoms with Crippen molar-refractivity contribution in [3.05, 3.63) is 34.1 Å². The van der Waals surface area contributed by atoms with Gasteiger partial charge < -0.3 is 10.1 Å². The highest BCUT2D eigenvalue weighted by atomic mass is 79.9. The van der Waals surface area contributed by atoms with Crippen molar-refractivity contribution in [3.63, 3.8) is 0 Å². The molecule has 4 heteroatoms. The first-order chi connectivity index (χ1) is 8.63. The standard InChI is InChI=1S/C14H19BrFNO/c1-3-17-13(14-9(2)6-7-18-14)11-8-10(15)4-5-12(11)16/h4-5,8-9,13-14,17H,3,6-7H2,1-2H3. The van der Waals surface area contributed by atoms with Gasteiger partial charge in [0.15, 0.2) is 0 Å². The lowest BCUT2D eigenvalue weighted by molar-refractivity contribution is 0.0601. The van der Waals surface area contributed by atoms with Gasteiger partial charge in [0.2, 0.25) is 0 Å². The quantitative estimate of drug-likeness (QED) is 0.915. The van der Waals surface area contributed by atoms with E-state index in [0.717, 1.165) is 24.0 Å². The third kappa shape index (κ3) is 2.92. The molecule has 100 valence electrons. The fraction of sp³-hybridized carbons (Fsp3) is 0.571. The molecule has 3 unspecified atom stereocenters. The SMILES string of the molecule is CCNC(c1cc(Br)ccc1F)C1OCCC1C. The molecule has 1 aromatic carbocycles. The highest BCUT2D eigenvalue weighted by Crippen LogP contribution is 2.33. The predicted octanol–water partition coefficient (Wildman–Crippen LogP) is 3.66. The van der Waals surface area contributed by atoms with Crippen molar-refractivity contribution in [1.29, 1.82) is 0 Å². The van der Waals surface area contributed by atoms with Crippen LogP contribution in [0.4, 0.5) is 4.39 Å². The van der Waals surface area contributed by atoms with Gasteiger partial charge in [0.1, 0.15) is 5.82 Å². The maximum atomic E-state index is 14.0. The van der Waals surface area contributed by atoms with Gasteiger partial charge in [-0.05, 0) is 37.1 Å². The lowest BCUT2D eigenvalue weighted by atomic mass is 9.92. The molecule has 0 aliphatic carbocycles. The van der Waals surface area contributed by atoms with Gasteiger partial charge in [0.05, 0.1) is 12.1 Å². The second kappa shape index (κ2) is 6.13. The minimum Gasteiger partial charge on any atom is -0.376 e. The van der Waals surface area contributed by atoms with Crippen molar-refractivity contribution < 1.29 is 9.13 Å². The number of rotatable bonds is 4. The van der Waals surface area contributed by atoms with Crippen LogP contribution in [-0.2, 0) is 4.74 Å². The Bertz CT molecular complexity index is 413. The second-order valence-electron chi connectivity index (χ2n) is 4.80. The molecule has 0 bridgehead atoms. The molecule has 0 radical (unpaired) electrons. The summed E-state index contributed by atoms with van der Waals surface area (Å²) in [7, 11) is 0. The molecule has 1 saturated heterocycles. The van der Waals surface area contributed by atoms with Crippen LogP contribution in [0.3, 0.4) is 0 Å². The highest BCUT2D eigenvalue weighted by molar-refractivity contribution is 9.10. The maximum absolute atomic E-state index is 14.0. The topological polar surface area (TPSA) is 21.3 Å². The van der Waals surface area contributed by atoms with Crippen LogP contribution in [0.25, 0.3) is 0 Å². The number of ether oxygens (including phenoxy) is 1. The van der Waals surface area contributed by atoms with E-state index < -0.39 is 0 Å². The molecule has 1 N–H and O–H groups in total. The van der Waals surface area contributed by atoms with E-state index in [1.807, 2.05) is 13.0 Å². The molecule has 0 spiro atoms. The molecule has 2 nitrogen and oxygen atoms in total. The van der Waals surface area contributed by atoms with E-state index >= 15 is 0 Å². The molecule has 3 atom stereocenters.